The zero-order valence-corrected chi connectivity index (χ0v) is 9.40. The van der Waals surface area contributed by atoms with E-state index in [-0.39, 0.29) is 6.73 Å². The second kappa shape index (κ2) is 4.59. The summed E-state index contributed by atoms with van der Waals surface area (Å²) < 4.78 is 18.4. The van der Waals surface area contributed by atoms with Crippen molar-refractivity contribution in [1.82, 2.24) is 4.31 Å². The first-order valence-corrected chi connectivity index (χ1v) is 5.87. The molecule has 4 nitrogen and oxygen atoms in total. The van der Waals surface area contributed by atoms with E-state index < -0.39 is 17.0 Å². The van der Waals surface area contributed by atoms with Crippen LogP contribution in [-0.2, 0) is 27.1 Å². The summed E-state index contributed by atoms with van der Waals surface area (Å²) in [6.45, 7) is 3.85. The molecule has 0 N–H and O–H groups in total. The van der Waals surface area contributed by atoms with E-state index in [2.05, 4.69) is 6.58 Å². The summed E-state index contributed by atoms with van der Waals surface area (Å²) in [4.78, 5) is 11.7. The van der Waals surface area contributed by atoms with Crippen LogP contribution < -0.4 is 0 Å². The molecular weight excluding hydrogens is 226 g/mol. The van der Waals surface area contributed by atoms with Crippen LogP contribution >= 0.6 is 0 Å². The molecule has 0 amide bonds. The van der Waals surface area contributed by atoms with Gasteiger partial charge in [-0.05, 0) is 11.6 Å². The highest BCUT2D eigenvalue weighted by atomic mass is 32.2. The Labute approximate surface area is 96.1 Å². The Hall–Kier alpha value is -1.46. The Kier molecular flexibility index (Phi) is 3.17. The Morgan fingerprint density at radius 2 is 2.31 bits per heavy atom. The van der Waals surface area contributed by atoms with Gasteiger partial charge in [-0.25, -0.2) is 9.00 Å². The molecule has 0 saturated heterocycles. The zero-order valence-electron chi connectivity index (χ0n) is 8.59. The smallest absolute Gasteiger partial charge is 0.331 e. The van der Waals surface area contributed by atoms with E-state index in [4.69, 9.17) is 4.74 Å². The molecule has 1 atom stereocenters. The molecule has 84 valence electrons. The van der Waals surface area contributed by atoms with E-state index in [1.165, 1.54) is 0 Å². The summed E-state index contributed by atoms with van der Waals surface area (Å²) in [7, 11) is -1.23. The number of nitrogens with zero attached hydrogens (tertiary/aromatic N) is 1. The van der Waals surface area contributed by atoms with Gasteiger partial charge in [-0.15, -0.1) is 0 Å². The molecular formula is C11H11NO3S. The van der Waals surface area contributed by atoms with Gasteiger partial charge in [0.25, 0.3) is 0 Å². The zero-order chi connectivity index (χ0) is 11.5. The van der Waals surface area contributed by atoms with Gasteiger partial charge in [0.2, 0.25) is 0 Å². The predicted octanol–water partition coefficient (Wildman–Crippen LogP) is 1.21. The van der Waals surface area contributed by atoms with Crippen LogP contribution in [0.1, 0.15) is 5.56 Å². The van der Waals surface area contributed by atoms with Crippen molar-refractivity contribution in [3.63, 3.8) is 0 Å². The number of ether oxygens (including phenoxy) is 1. The Morgan fingerprint density at radius 1 is 1.56 bits per heavy atom. The lowest BCUT2D eigenvalue weighted by Crippen LogP contribution is -2.24. The molecule has 0 bridgehead atoms. The standard InChI is InChI=1S/C11H11NO3S/c1-2-11(13)15-8-12-7-9-5-3-4-6-10(9)16(12)14/h2-6H,1,7-8H2. The van der Waals surface area contributed by atoms with Gasteiger partial charge in [-0.1, -0.05) is 24.8 Å². The van der Waals surface area contributed by atoms with Crippen molar-refractivity contribution in [2.45, 2.75) is 11.4 Å². The Balaban J connectivity index is 2.05. The third-order valence-electron chi connectivity index (χ3n) is 2.26. The van der Waals surface area contributed by atoms with Crippen LogP contribution in [0.4, 0.5) is 0 Å². The largest absolute Gasteiger partial charge is 0.445 e. The normalized spacial score (nSPS) is 19.1. The molecule has 1 aromatic rings. The topological polar surface area (TPSA) is 46.6 Å². The molecule has 0 radical (unpaired) electrons. The Bertz CT molecular complexity index is 458. The summed E-state index contributed by atoms with van der Waals surface area (Å²) in [5.74, 6) is -0.507. The molecule has 0 aliphatic carbocycles. The molecule has 1 aromatic carbocycles. The van der Waals surface area contributed by atoms with Gasteiger partial charge in [-0.3, -0.25) is 0 Å². The number of esters is 1. The van der Waals surface area contributed by atoms with Crippen molar-refractivity contribution < 1.29 is 13.7 Å². The second-order valence-electron chi connectivity index (χ2n) is 3.29. The molecule has 16 heavy (non-hydrogen) atoms. The van der Waals surface area contributed by atoms with Crippen LogP contribution in [0, 0.1) is 0 Å². The average Bonchev–Trinajstić information content (AvgIpc) is 2.64. The van der Waals surface area contributed by atoms with E-state index in [1.54, 1.807) is 4.31 Å². The lowest BCUT2D eigenvalue weighted by molar-refractivity contribution is -0.140. The molecule has 0 saturated carbocycles. The number of carbonyl (C=O) groups excluding carboxylic acids is 1. The quantitative estimate of drug-likeness (QED) is 0.586. The second-order valence-corrected chi connectivity index (χ2v) is 4.75. The summed E-state index contributed by atoms with van der Waals surface area (Å²) in [5.41, 5.74) is 1.01. The molecule has 0 aromatic heterocycles. The van der Waals surface area contributed by atoms with Gasteiger partial charge in [-0.2, -0.15) is 4.31 Å². The number of hydrogen-bond acceptors (Lipinski definition) is 3. The highest BCUT2D eigenvalue weighted by Gasteiger charge is 2.26. The van der Waals surface area contributed by atoms with Crippen molar-refractivity contribution in [2.24, 2.45) is 0 Å². The van der Waals surface area contributed by atoms with Crippen LogP contribution in [0.5, 0.6) is 0 Å². The third-order valence-corrected chi connectivity index (χ3v) is 3.74. The molecule has 0 spiro atoms. The summed E-state index contributed by atoms with van der Waals surface area (Å²) in [5, 5.41) is 0. The van der Waals surface area contributed by atoms with Crippen molar-refractivity contribution in [2.75, 3.05) is 6.73 Å². The Morgan fingerprint density at radius 3 is 3.00 bits per heavy atom. The first kappa shape index (κ1) is 11.0. The van der Waals surface area contributed by atoms with Gasteiger partial charge in [0.1, 0.15) is 11.0 Å². The van der Waals surface area contributed by atoms with Crippen LogP contribution in [-0.4, -0.2) is 21.2 Å². The number of benzene rings is 1. The molecule has 2 rings (SSSR count). The van der Waals surface area contributed by atoms with Crippen LogP contribution in [0.2, 0.25) is 0 Å². The summed E-state index contributed by atoms with van der Waals surface area (Å²) >= 11 is 0. The van der Waals surface area contributed by atoms with Crippen LogP contribution in [0.3, 0.4) is 0 Å². The van der Waals surface area contributed by atoms with Gasteiger partial charge in [0.05, 0.1) is 4.90 Å². The number of hydrogen-bond donors (Lipinski definition) is 0. The van der Waals surface area contributed by atoms with Gasteiger partial charge >= 0.3 is 5.97 Å². The molecule has 0 fully saturated rings. The van der Waals surface area contributed by atoms with E-state index in [0.29, 0.717) is 6.54 Å². The molecule has 1 heterocycles. The third kappa shape index (κ3) is 2.05. The van der Waals surface area contributed by atoms with Crippen LogP contribution in [0.25, 0.3) is 0 Å². The van der Waals surface area contributed by atoms with Crippen molar-refractivity contribution in [1.29, 1.82) is 0 Å². The van der Waals surface area contributed by atoms with Gasteiger partial charge in [0.15, 0.2) is 6.73 Å². The van der Waals surface area contributed by atoms with Crippen LogP contribution in [0.15, 0.2) is 41.8 Å². The SMILES string of the molecule is C=CC(=O)OCN1Cc2ccccc2S1=O. The first-order chi connectivity index (χ1) is 7.72. The number of carbonyl (C=O) groups is 1. The lowest BCUT2D eigenvalue weighted by atomic mass is 10.2. The predicted molar refractivity (Wildman–Crippen MR) is 59.5 cm³/mol. The van der Waals surface area contributed by atoms with Gasteiger partial charge < -0.3 is 4.74 Å². The minimum absolute atomic E-state index is 0.0200. The van der Waals surface area contributed by atoms with E-state index in [0.717, 1.165) is 16.5 Å². The monoisotopic (exact) mass is 237 g/mol. The van der Waals surface area contributed by atoms with Gasteiger partial charge in [0, 0.05) is 12.6 Å². The summed E-state index contributed by atoms with van der Waals surface area (Å²) in [6.07, 6.45) is 1.09. The fourth-order valence-corrected chi connectivity index (χ4v) is 2.72. The highest BCUT2D eigenvalue weighted by Crippen LogP contribution is 2.26. The minimum atomic E-state index is -1.23. The van der Waals surface area contributed by atoms with E-state index in [9.17, 15) is 9.00 Å². The fourth-order valence-electron chi connectivity index (χ4n) is 1.48. The maximum atomic E-state index is 11.9. The lowest BCUT2D eigenvalue weighted by Gasteiger charge is -2.12. The van der Waals surface area contributed by atoms with Crippen molar-refractivity contribution >= 4 is 17.0 Å². The average molecular weight is 237 g/mol. The van der Waals surface area contributed by atoms with Crippen molar-refractivity contribution in [3.05, 3.63) is 42.5 Å². The number of rotatable bonds is 3. The minimum Gasteiger partial charge on any atom is -0.445 e. The highest BCUT2D eigenvalue weighted by molar-refractivity contribution is 7.83. The maximum Gasteiger partial charge on any atom is 0.331 e. The number of fused-ring (bicyclic) bond motifs is 1. The molecule has 1 unspecified atom stereocenters. The van der Waals surface area contributed by atoms with E-state index in [1.807, 2.05) is 24.3 Å². The van der Waals surface area contributed by atoms with E-state index >= 15 is 0 Å². The molecule has 5 heteroatoms. The maximum absolute atomic E-state index is 11.9. The molecule has 1 aliphatic rings. The summed E-state index contributed by atoms with van der Waals surface area (Å²) in [6, 6.07) is 7.48. The molecule has 1 aliphatic heterocycles. The fraction of sp³-hybridized carbons (Fsp3) is 0.182. The first-order valence-electron chi connectivity index (χ1n) is 4.76. The van der Waals surface area contributed by atoms with Crippen molar-refractivity contribution in [3.8, 4) is 0 Å².